The quantitative estimate of drug-likeness (QED) is 0.374. The Bertz CT molecular complexity index is 1220. The number of carbonyl (C=O) groups is 2. The number of rotatable bonds is 4. The first-order chi connectivity index (χ1) is 15.5. The van der Waals surface area contributed by atoms with E-state index < -0.39 is 5.82 Å². The Kier molecular flexibility index (Phi) is 9.00. The zero-order chi connectivity index (χ0) is 23.7. The fourth-order valence-electron chi connectivity index (χ4n) is 2.83. The number of nitrogens with one attached hydrogen (secondary N) is 2. The van der Waals surface area contributed by atoms with Crippen LogP contribution in [0.2, 0.25) is 10.2 Å². The minimum Gasteiger partial charge on any atom is -0.386 e. The van der Waals surface area contributed by atoms with Crippen LogP contribution in [0.1, 0.15) is 0 Å². The number of anilines is 3. The van der Waals surface area contributed by atoms with Gasteiger partial charge in [-0.05, 0) is 42.0 Å². The number of nitrogens with zero attached hydrogens (tertiary/aromatic N) is 3. The van der Waals surface area contributed by atoms with Gasteiger partial charge in [-0.3, -0.25) is 0 Å². The van der Waals surface area contributed by atoms with Gasteiger partial charge in [-0.2, -0.15) is 0 Å². The molecule has 2 aromatic carbocycles. The summed E-state index contributed by atoms with van der Waals surface area (Å²) in [4.78, 5) is 28.9. The molecule has 4 aromatic rings. The predicted molar refractivity (Wildman–Crippen MR) is 126 cm³/mol. The Labute approximate surface area is 193 Å². The van der Waals surface area contributed by atoms with Crippen molar-refractivity contribution in [1.29, 1.82) is 0 Å². The van der Waals surface area contributed by atoms with E-state index in [4.69, 9.17) is 32.8 Å². The molecular formula is C22H18Cl2FN5O2. The van der Waals surface area contributed by atoms with Crippen LogP contribution in [-0.4, -0.2) is 35.6 Å². The lowest BCUT2D eigenvalue weighted by Crippen LogP contribution is -1.97. The van der Waals surface area contributed by atoms with Crippen molar-refractivity contribution in [3.8, 4) is 11.1 Å². The summed E-state index contributed by atoms with van der Waals surface area (Å²) in [6.07, 6.45) is 3.18. The normalized spacial score (nSPS) is 9.75. The van der Waals surface area contributed by atoms with Crippen molar-refractivity contribution in [3.63, 3.8) is 0 Å². The molecule has 0 saturated heterocycles. The molecule has 0 saturated carbocycles. The summed E-state index contributed by atoms with van der Waals surface area (Å²) in [5.74, 6) is 0.114. The predicted octanol–water partition coefficient (Wildman–Crippen LogP) is 5.55. The van der Waals surface area contributed by atoms with Crippen molar-refractivity contribution < 1.29 is 14.0 Å². The van der Waals surface area contributed by atoms with E-state index in [2.05, 4.69) is 25.6 Å². The molecule has 32 heavy (non-hydrogen) atoms. The van der Waals surface area contributed by atoms with E-state index in [0.29, 0.717) is 16.7 Å². The number of aromatic nitrogens is 3. The lowest BCUT2D eigenvalue weighted by atomic mass is 10.0. The van der Waals surface area contributed by atoms with Crippen LogP contribution in [-0.2, 0) is 9.59 Å². The summed E-state index contributed by atoms with van der Waals surface area (Å²) in [6, 6.07) is 12.2. The Balaban J connectivity index is 0.000000860. The van der Waals surface area contributed by atoms with Crippen LogP contribution in [0.15, 0.2) is 55.0 Å². The number of halogens is 3. The topological polar surface area (TPSA) is 96.9 Å². The highest BCUT2D eigenvalue weighted by molar-refractivity contribution is 6.32. The third kappa shape index (κ3) is 5.54. The first-order valence-electron chi connectivity index (χ1n) is 8.93. The second kappa shape index (κ2) is 11.7. The SMILES string of the molecule is C=O.C=O.CNc1cc(-c2ccc3ncnc(Nc4ccc(F)c(Cl)c4)c3c2)cnc1Cl. The highest BCUT2D eigenvalue weighted by Gasteiger charge is 2.10. The molecule has 0 radical (unpaired) electrons. The van der Waals surface area contributed by atoms with Gasteiger partial charge >= 0.3 is 0 Å². The lowest BCUT2D eigenvalue weighted by Gasteiger charge is -2.11. The molecule has 10 heteroatoms. The van der Waals surface area contributed by atoms with Gasteiger partial charge in [0.2, 0.25) is 0 Å². The molecule has 7 nitrogen and oxygen atoms in total. The van der Waals surface area contributed by atoms with Gasteiger partial charge in [0.05, 0.1) is 16.2 Å². The van der Waals surface area contributed by atoms with Crippen molar-refractivity contribution in [1.82, 2.24) is 15.0 Å². The molecule has 4 rings (SSSR count). The summed E-state index contributed by atoms with van der Waals surface area (Å²) in [5, 5.41) is 7.45. The standard InChI is InChI=1S/C20H14Cl2FN5.2CH2O/c1-24-18-7-12(9-25-19(18)22)11-2-5-17-14(6-11)20(27-10-26-17)28-13-3-4-16(23)15(21)8-13;2*1-2/h2-10,24H,1H3,(H,26,27,28);2*1H2. The van der Waals surface area contributed by atoms with Crippen LogP contribution in [0, 0.1) is 5.82 Å². The summed E-state index contributed by atoms with van der Waals surface area (Å²) in [6.45, 7) is 4.00. The molecule has 0 amide bonds. The van der Waals surface area contributed by atoms with E-state index in [0.717, 1.165) is 27.7 Å². The molecule has 0 aliphatic carbocycles. The van der Waals surface area contributed by atoms with Gasteiger partial charge in [-0.1, -0.05) is 29.3 Å². The van der Waals surface area contributed by atoms with Gasteiger partial charge in [0.25, 0.3) is 0 Å². The van der Waals surface area contributed by atoms with Crippen molar-refractivity contribution in [2.75, 3.05) is 17.7 Å². The smallest absolute Gasteiger partial charge is 0.152 e. The van der Waals surface area contributed by atoms with Crippen molar-refractivity contribution in [3.05, 3.63) is 71.0 Å². The average molecular weight is 474 g/mol. The maximum absolute atomic E-state index is 13.4. The number of hydrogen-bond donors (Lipinski definition) is 2. The first kappa shape index (κ1) is 24.6. The van der Waals surface area contributed by atoms with Gasteiger partial charge in [-0.15, -0.1) is 0 Å². The van der Waals surface area contributed by atoms with Crippen molar-refractivity contribution in [2.45, 2.75) is 0 Å². The van der Waals surface area contributed by atoms with E-state index in [1.807, 2.05) is 37.8 Å². The highest BCUT2D eigenvalue weighted by atomic mass is 35.5. The molecular weight excluding hydrogens is 456 g/mol. The molecule has 0 spiro atoms. The number of carbonyl (C=O) groups excluding carboxylic acids is 2. The van der Waals surface area contributed by atoms with Gasteiger partial charge in [-0.25, -0.2) is 19.3 Å². The lowest BCUT2D eigenvalue weighted by molar-refractivity contribution is -0.0987. The first-order valence-corrected chi connectivity index (χ1v) is 9.69. The van der Waals surface area contributed by atoms with Crippen LogP contribution in [0.3, 0.4) is 0 Å². The number of benzene rings is 2. The Morgan fingerprint density at radius 1 is 0.906 bits per heavy atom. The van der Waals surface area contributed by atoms with E-state index in [9.17, 15) is 4.39 Å². The number of fused-ring (bicyclic) bond motifs is 1. The molecule has 2 aromatic heterocycles. The van der Waals surface area contributed by atoms with Gasteiger partial charge in [0, 0.05) is 29.9 Å². The fraction of sp³-hybridized carbons (Fsp3) is 0.0455. The van der Waals surface area contributed by atoms with Gasteiger partial charge in [0.1, 0.15) is 31.5 Å². The fourth-order valence-corrected chi connectivity index (χ4v) is 3.21. The zero-order valence-corrected chi connectivity index (χ0v) is 18.4. The molecule has 0 atom stereocenters. The van der Waals surface area contributed by atoms with Gasteiger partial charge < -0.3 is 20.2 Å². The largest absolute Gasteiger partial charge is 0.386 e. The molecule has 0 aliphatic heterocycles. The number of pyridine rings is 1. The van der Waals surface area contributed by atoms with E-state index in [-0.39, 0.29) is 5.02 Å². The third-order valence-corrected chi connectivity index (χ3v) is 4.85. The summed E-state index contributed by atoms with van der Waals surface area (Å²) < 4.78 is 13.4. The van der Waals surface area contributed by atoms with E-state index in [1.165, 1.54) is 18.5 Å². The van der Waals surface area contributed by atoms with Crippen LogP contribution in [0.25, 0.3) is 22.0 Å². The minimum atomic E-state index is -0.474. The Hall–Kier alpha value is -3.62. The molecule has 0 aliphatic rings. The van der Waals surface area contributed by atoms with Crippen LogP contribution in [0.4, 0.5) is 21.6 Å². The molecule has 2 N–H and O–H groups in total. The molecule has 0 bridgehead atoms. The van der Waals surface area contributed by atoms with Crippen LogP contribution < -0.4 is 10.6 Å². The van der Waals surface area contributed by atoms with Crippen molar-refractivity contribution >= 4 is 64.9 Å². The maximum Gasteiger partial charge on any atom is 0.152 e. The number of hydrogen-bond acceptors (Lipinski definition) is 7. The summed E-state index contributed by atoms with van der Waals surface area (Å²) >= 11 is 12.0. The summed E-state index contributed by atoms with van der Waals surface area (Å²) in [5.41, 5.74) is 3.97. The van der Waals surface area contributed by atoms with Gasteiger partial charge in [0.15, 0.2) is 5.15 Å². The molecule has 164 valence electrons. The van der Waals surface area contributed by atoms with Crippen molar-refractivity contribution in [2.24, 2.45) is 0 Å². The monoisotopic (exact) mass is 473 g/mol. The second-order valence-electron chi connectivity index (χ2n) is 6.02. The summed E-state index contributed by atoms with van der Waals surface area (Å²) in [7, 11) is 1.79. The molecule has 0 unspecified atom stereocenters. The second-order valence-corrected chi connectivity index (χ2v) is 6.79. The van der Waals surface area contributed by atoms with Crippen LogP contribution >= 0.6 is 23.2 Å². The van der Waals surface area contributed by atoms with Crippen LogP contribution in [0.5, 0.6) is 0 Å². The average Bonchev–Trinajstić information content (AvgIpc) is 2.84. The maximum atomic E-state index is 13.4. The van der Waals surface area contributed by atoms with E-state index in [1.54, 1.807) is 19.3 Å². The Morgan fingerprint density at radius 3 is 2.34 bits per heavy atom. The Morgan fingerprint density at radius 2 is 1.66 bits per heavy atom. The third-order valence-electron chi connectivity index (χ3n) is 4.26. The van der Waals surface area contributed by atoms with E-state index >= 15 is 0 Å². The molecule has 2 heterocycles. The minimum absolute atomic E-state index is 0.0379. The highest BCUT2D eigenvalue weighted by Crippen LogP contribution is 2.31. The zero-order valence-electron chi connectivity index (χ0n) is 16.9. The molecule has 0 fully saturated rings.